The Labute approximate surface area is 164 Å². The van der Waals surface area contributed by atoms with E-state index in [4.69, 9.17) is 9.47 Å². The van der Waals surface area contributed by atoms with Crippen molar-refractivity contribution in [2.45, 2.75) is 19.9 Å². The zero-order valence-corrected chi connectivity index (χ0v) is 17.1. The highest BCUT2D eigenvalue weighted by atomic mass is 32.1. The first-order valence-corrected chi connectivity index (χ1v) is 9.98. The normalized spacial score (nSPS) is 15.4. The number of thiophene rings is 1. The number of methoxy groups -OCH3 is 2. The fourth-order valence-electron chi connectivity index (χ4n) is 3.50. The largest absolute Gasteiger partial charge is 0.493 e. The minimum Gasteiger partial charge on any atom is -0.493 e. The minimum atomic E-state index is -0.118. The van der Waals surface area contributed by atoms with Crippen LogP contribution in [0.1, 0.15) is 24.1 Å². The van der Waals surface area contributed by atoms with Crippen molar-refractivity contribution in [3.05, 3.63) is 40.8 Å². The van der Waals surface area contributed by atoms with Crippen LogP contribution < -0.4 is 19.7 Å². The molecule has 7 heteroatoms. The average molecular weight is 390 g/mol. The van der Waals surface area contributed by atoms with Crippen LogP contribution in [0.15, 0.2) is 29.6 Å². The van der Waals surface area contributed by atoms with Crippen LogP contribution in [0.5, 0.6) is 11.5 Å². The van der Waals surface area contributed by atoms with E-state index in [-0.39, 0.29) is 12.1 Å². The van der Waals surface area contributed by atoms with Gasteiger partial charge in [-0.3, -0.25) is 0 Å². The second-order valence-corrected chi connectivity index (χ2v) is 7.54. The molecule has 0 radical (unpaired) electrons. The first-order valence-electron chi connectivity index (χ1n) is 9.10. The number of urea groups is 1. The van der Waals surface area contributed by atoms with Gasteiger partial charge in [0.15, 0.2) is 11.5 Å². The Hall–Kier alpha value is -2.41. The van der Waals surface area contributed by atoms with E-state index < -0.39 is 0 Å². The zero-order chi connectivity index (χ0) is 19.4. The van der Waals surface area contributed by atoms with Crippen molar-refractivity contribution < 1.29 is 14.3 Å². The summed E-state index contributed by atoms with van der Waals surface area (Å²) in [5.41, 5.74) is 2.00. The van der Waals surface area contributed by atoms with E-state index >= 15 is 0 Å². The van der Waals surface area contributed by atoms with Gasteiger partial charge in [0.2, 0.25) is 0 Å². The molecular weight excluding hydrogens is 362 g/mol. The highest BCUT2D eigenvalue weighted by molar-refractivity contribution is 7.14. The van der Waals surface area contributed by atoms with Crippen molar-refractivity contribution in [2.75, 3.05) is 45.3 Å². The summed E-state index contributed by atoms with van der Waals surface area (Å²) in [6, 6.07) is 7.91. The number of carbonyl (C=O) groups is 1. The van der Waals surface area contributed by atoms with Gasteiger partial charge in [0.25, 0.3) is 0 Å². The predicted octanol–water partition coefficient (Wildman–Crippen LogP) is 3.67. The van der Waals surface area contributed by atoms with E-state index in [1.54, 1.807) is 25.6 Å². The Bertz CT molecular complexity index is 771. The molecule has 1 aromatic carbocycles. The highest BCUT2D eigenvalue weighted by Gasteiger charge is 2.24. The van der Waals surface area contributed by atoms with Gasteiger partial charge in [-0.25, -0.2) is 4.79 Å². The SMILES string of the molecule is COc1ccc(C(C)NC(=O)N2CCN(c3cccs3)CC2)c(C)c1OC. The van der Waals surface area contributed by atoms with Gasteiger partial charge in [-0.05, 0) is 43.0 Å². The lowest BCUT2D eigenvalue weighted by Crippen LogP contribution is -2.52. The summed E-state index contributed by atoms with van der Waals surface area (Å²) in [6.45, 7) is 7.14. The third-order valence-electron chi connectivity index (χ3n) is 5.03. The fourth-order valence-corrected chi connectivity index (χ4v) is 4.28. The lowest BCUT2D eigenvalue weighted by atomic mass is 10.0. The molecule has 146 valence electrons. The van der Waals surface area contributed by atoms with E-state index in [9.17, 15) is 4.79 Å². The molecule has 1 N–H and O–H groups in total. The molecule has 2 heterocycles. The van der Waals surface area contributed by atoms with Gasteiger partial charge in [0.1, 0.15) is 0 Å². The summed E-state index contributed by atoms with van der Waals surface area (Å²) in [5, 5.41) is 6.47. The summed E-state index contributed by atoms with van der Waals surface area (Å²) < 4.78 is 10.8. The number of ether oxygens (including phenoxy) is 2. The molecule has 1 saturated heterocycles. The van der Waals surface area contributed by atoms with Crippen LogP contribution in [-0.4, -0.2) is 51.3 Å². The number of rotatable bonds is 5. The monoisotopic (exact) mass is 389 g/mol. The molecule has 1 aliphatic heterocycles. The van der Waals surface area contributed by atoms with E-state index in [1.165, 1.54) is 5.00 Å². The topological polar surface area (TPSA) is 54.0 Å². The Balaban J connectivity index is 1.61. The summed E-state index contributed by atoms with van der Waals surface area (Å²) >= 11 is 1.74. The molecule has 2 aromatic rings. The Morgan fingerprint density at radius 3 is 2.48 bits per heavy atom. The number of benzene rings is 1. The van der Waals surface area contributed by atoms with Crippen LogP contribution in [0.4, 0.5) is 9.80 Å². The van der Waals surface area contributed by atoms with E-state index in [1.807, 2.05) is 30.9 Å². The third kappa shape index (κ3) is 4.13. The van der Waals surface area contributed by atoms with Crippen molar-refractivity contribution >= 4 is 22.4 Å². The third-order valence-corrected chi connectivity index (χ3v) is 5.96. The average Bonchev–Trinajstić information content (AvgIpc) is 3.22. The van der Waals surface area contributed by atoms with Crippen molar-refractivity contribution in [1.82, 2.24) is 10.2 Å². The first kappa shape index (κ1) is 19.4. The molecule has 1 atom stereocenters. The number of nitrogens with one attached hydrogen (secondary N) is 1. The number of hydrogen-bond acceptors (Lipinski definition) is 5. The Kier molecular flexibility index (Phi) is 6.11. The quantitative estimate of drug-likeness (QED) is 0.848. The van der Waals surface area contributed by atoms with Gasteiger partial charge in [0, 0.05) is 31.7 Å². The number of anilines is 1. The summed E-state index contributed by atoms with van der Waals surface area (Å²) in [7, 11) is 3.25. The second-order valence-electron chi connectivity index (χ2n) is 6.61. The molecule has 0 spiro atoms. The predicted molar refractivity (Wildman–Crippen MR) is 109 cm³/mol. The van der Waals surface area contributed by atoms with E-state index in [0.717, 1.165) is 37.3 Å². The van der Waals surface area contributed by atoms with Gasteiger partial charge >= 0.3 is 6.03 Å². The lowest BCUT2D eigenvalue weighted by molar-refractivity contribution is 0.191. The molecule has 27 heavy (non-hydrogen) atoms. The number of hydrogen-bond donors (Lipinski definition) is 1. The summed E-state index contributed by atoms with van der Waals surface area (Å²) in [5.74, 6) is 1.41. The molecule has 2 amide bonds. The van der Waals surface area contributed by atoms with Gasteiger partial charge < -0.3 is 24.6 Å². The van der Waals surface area contributed by atoms with Crippen molar-refractivity contribution in [3.63, 3.8) is 0 Å². The Morgan fingerprint density at radius 1 is 1.15 bits per heavy atom. The maximum Gasteiger partial charge on any atom is 0.317 e. The molecule has 1 aromatic heterocycles. The van der Waals surface area contributed by atoms with Crippen molar-refractivity contribution in [2.24, 2.45) is 0 Å². The molecule has 1 unspecified atom stereocenters. The van der Waals surface area contributed by atoms with Crippen LogP contribution in [0.2, 0.25) is 0 Å². The molecule has 0 bridgehead atoms. The van der Waals surface area contributed by atoms with Crippen LogP contribution in [0.25, 0.3) is 0 Å². The fraction of sp³-hybridized carbons (Fsp3) is 0.450. The lowest BCUT2D eigenvalue weighted by Gasteiger charge is -2.36. The summed E-state index contributed by atoms with van der Waals surface area (Å²) in [4.78, 5) is 16.9. The minimum absolute atomic E-state index is 0.0254. The molecule has 0 saturated carbocycles. The molecule has 6 nitrogen and oxygen atoms in total. The first-order chi connectivity index (χ1) is 13.0. The van der Waals surface area contributed by atoms with Crippen LogP contribution in [0.3, 0.4) is 0 Å². The van der Waals surface area contributed by atoms with Gasteiger partial charge in [-0.1, -0.05) is 6.07 Å². The van der Waals surface area contributed by atoms with Crippen LogP contribution >= 0.6 is 11.3 Å². The standard InChI is InChI=1S/C20H27N3O3S/c1-14-16(7-8-17(25-3)19(14)26-4)15(2)21-20(24)23-11-9-22(10-12-23)18-6-5-13-27-18/h5-8,13,15H,9-12H2,1-4H3,(H,21,24). The summed E-state index contributed by atoms with van der Waals surface area (Å²) in [6.07, 6.45) is 0. The second kappa shape index (κ2) is 8.52. The van der Waals surface area contributed by atoms with E-state index in [0.29, 0.717) is 11.5 Å². The number of carbonyl (C=O) groups excluding carboxylic acids is 1. The van der Waals surface area contributed by atoms with Gasteiger partial charge in [-0.2, -0.15) is 0 Å². The highest BCUT2D eigenvalue weighted by Crippen LogP contribution is 2.35. The smallest absolute Gasteiger partial charge is 0.317 e. The maximum atomic E-state index is 12.7. The van der Waals surface area contributed by atoms with Gasteiger partial charge in [-0.15, -0.1) is 11.3 Å². The van der Waals surface area contributed by atoms with Gasteiger partial charge in [0.05, 0.1) is 25.3 Å². The van der Waals surface area contributed by atoms with Crippen LogP contribution in [0, 0.1) is 6.92 Å². The van der Waals surface area contributed by atoms with Crippen LogP contribution in [-0.2, 0) is 0 Å². The molecule has 3 rings (SSSR count). The maximum absolute atomic E-state index is 12.7. The van der Waals surface area contributed by atoms with Crippen molar-refractivity contribution in [3.8, 4) is 11.5 Å². The molecule has 0 aliphatic carbocycles. The Morgan fingerprint density at radius 2 is 1.89 bits per heavy atom. The van der Waals surface area contributed by atoms with E-state index in [2.05, 4.69) is 27.7 Å². The zero-order valence-electron chi connectivity index (χ0n) is 16.3. The number of amides is 2. The number of nitrogens with zero attached hydrogens (tertiary/aromatic N) is 2. The number of piperazine rings is 1. The molecular formula is C20H27N3O3S. The van der Waals surface area contributed by atoms with Crippen molar-refractivity contribution in [1.29, 1.82) is 0 Å². The molecule has 1 fully saturated rings. The molecule has 1 aliphatic rings.